The zero-order chi connectivity index (χ0) is 17.5. The normalized spacial score (nSPS) is 17.5. The number of rotatable bonds is 5. The lowest BCUT2D eigenvalue weighted by Crippen LogP contribution is -2.47. The second kappa shape index (κ2) is 9.11. The van der Waals surface area contributed by atoms with Gasteiger partial charge in [-0.2, -0.15) is 0 Å². The van der Waals surface area contributed by atoms with E-state index in [1.165, 1.54) is 0 Å². The number of hydrogen-bond donors (Lipinski definition) is 1. The lowest BCUT2D eigenvalue weighted by Gasteiger charge is -2.33. The molecule has 0 saturated carbocycles. The number of urea groups is 1. The Morgan fingerprint density at radius 2 is 2.17 bits per heavy atom. The van der Waals surface area contributed by atoms with E-state index in [-0.39, 0.29) is 31.1 Å². The smallest absolute Gasteiger partial charge is 0.317 e. The molecule has 132 valence electrons. The Balaban J connectivity index is 1.86. The highest BCUT2D eigenvalue weighted by atomic mass is 35.5. The number of amides is 2. The van der Waals surface area contributed by atoms with Crippen LogP contribution in [-0.2, 0) is 14.3 Å². The molecule has 2 rings (SSSR count). The molecule has 1 N–H and O–H groups in total. The van der Waals surface area contributed by atoms with Crippen LogP contribution in [0.2, 0.25) is 10.0 Å². The van der Waals surface area contributed by atoms with E-state index in [0.717, 1.165) is 5.56 Å². The number of benzene rings is 1. The molecule has 1 aliphatic rings. The third kappa shape index (κ3) is 5.26. The maximum absolute atomic E-state index is 12.2. The molecule has 1 aromatic carbocycles. The number of hydrogen-bond acceptors (Lipinski definition) is 4. The van der Waals surface area contributed by atoms with Crippen LogP contribution >= 0.6 is 23.2 Å². The Bertz CT molecular complexity index is 597. The highest BCUT2D eigenvalue weighted by Gasteiger charge is 2.25. The molecule has 24 heavy (non-hydrogen) atoms. The molecule has 8 heteroatoms. The molecule has 1 fully saturated rings. The van der Waals surface area contributed by atoms with Crippen molar-refractivity contribution in [3.8, 4) is 0 Å². The van der Waals surface area contributed by atoms with Gasteiger partial charge in [-0.1, -0.05) is 29.3 Å². The minimum atomic E-state index is -0.325. The summed E-state index contributed by atoms with van der Waals surface area (Å²) in [6.07, 6.45) is -0.107. The van der Waals surface area contributed by atoms with Gasteiger partial charge in [0.05, 0.1) is 36.2 Å². The van der Waals surface area contributed by atoms with E-state index in [9.17, 15) is 9.59 Å². The fraction of sp³-hybridized carbons (Fsp3) is 0.500. The van der Waals surface area contributed by atoms with Crippen LogP contribution in [0.3, 0.4) is 0 Å². The molecule has 1 aromatic rings. The Morgan fingerprint density at radius 3 is 2.88 bits per heavy atom. The van der Waals surface area contributed by atoms with E-state index < -0.39 is 0 Å². The summed E-state index contributed by atoms with van der Waals surface area (Å²) in [4.78, 5) is 25.1. The zero-order valence-electron chi connectivity index (χ0n) is 13.4. The minimum absolute atomic E-state index is 0.153. The van der Waals surface area contributed by atoms with Gasteiger partial charge in [-0.25, -0.2) is 4.79 Å². The number of ether oxygens (including phenoxy) is 2. The van der Waals surface area contributed by atoms with Crippen molar-refractivity contribution in [1.82, 2.24) is 10.2 Å². The van der Waals surface area contributed by atoms with Gasteiger partial charge >= 0.3 is 12.0 Å². The van der Waals surface area contributed by atoms with E-state index in [2.05, 4.69) is 5.32 Å². The maximum Gasteiger partial charge on any atom is 0.317 e. The summed E-state index contributed by atoms with van der Waals surface area (Å²) < 4.78 is 10.5. The van der Waals surface area contributed by atoms with E-state index in [1.54, 1.807) is 24.0 Å². The van der Waals surface area contributed by atoms with Crippen LogP contribution in [0.15, 0.2) is 18.2 Å². The quantitative estimate of drug-likeness (QED) is 0.804. The summed E-state index contributed by atoms with van der Waals surface area (Å²) in [7, 11) is 0. The van der Waals surface area contributed by atoms with Crippen molar-refractivity contribution in [3.05, 3.63) is 33.8 Å². The highest BCUT2D eigenvalue weighted by molar-refractivity contribution is 6.42. The summed E-state index contributed by atoms with van der Waals surface area (Å²) in [5, 5.41) is 3.65. The number of morpholine rings is 1. The molecule has 0 spiro atoms. The molecule has 0 radical (unpaired) electrons. The van der Waals surface area contributed by atoms with Crippen molar-refractivity contribution in [2.45, 2.75) is 19.4 Å². The van der Waals surface area contributed by atoms with Gasteiger partial charge in [-0.15, -0.1) is 0 Å². The van der Waals surface area contributed by atoms with Crippen LogP contribution in [0.5, 0.6) is 0 Å². The first-order valence-electron chi connectivity index (χ1n) is 7.76. The summed E-state index contributed by atoms with van der Waals surface area (Å²) in [6.45, 7) is 3.64. The summed E-state index contributed by atoms with van der Waals surface area (Å²) in [5.41, 5.74) is 0.869. The van der Waals surface area contributed by atoms with Crippen LogP contribution < -0.4 is 5.32 Å². The molecule has 1 atom stereocenters. The number of nitrogens with one attached hydrogen (secondary N) is 1. The predicted molar refractivity (Wildman–Crippen MR) is 91.4 cm³/mol. The van der Waals surface area contributed by atoms with Gasteiger partial charge < -0.3 is 19.7 Å². The number of nitrogens with zero attached hydrogens (tertiary/aromatic N) is 1. The maximum atomic E-state index is 12.2. The SMILES string of the molecule is CCOC(=O)CCNC(=O)N1CCOC(c2ccc(Cl)c(Cl)c2)C1. The van der Waals surface area contributed by atoms with Crippen molar-refractivity contribution < 1.29 is 19.1 Å². The van der Waals surface area contributed by atoms with Crippen molar-refractivity contribution in [2.24, 2.45) is 0 Å². The van der Waals surface area contributed by atoms with Crippen molar-refractivity contribution >= 4 is 35.2 Å². The molecule has 1 saturated heterocycles. The minimum Gasteiger partial charge on any atom is -0.466 e. The average Bonchev–Trinajstić information content (AvgIpc) is 2.57. The number of halogens is 2. The number of esters is 1. The number of carbonyl (C=O) groups excluding carboxylic acids is 2. The average molecular weight is 375 g/mol. The first-order chi connectivity index (χ1) is 11.5. The highest BCUT2D eigenvalue weighted by Crippen LogP contribution is 2.29. The third-order valence-corrected chi connectivity index (χ3v) is 4.32. The van der Waals surface area contributed by atoms with Crippen LogP contribution in [0.25, 0.3) is 0 Å². The van der Waals surface area contributed by atoms with Crippen molar-refractivity contribution in [2.75, 3.05) is 32.8 Å². The fourth-order valence-electron chi connectivity index (χ4n) is 2.36. The van der Waals surface area contributed by atoms with Gasteiger partial charge in [0.2, 0.25) is 0 Å². The van der Waals surface area contributed by atoms with E-state index in [4.69, 9.17) is 32.7 Å². The Morgan fingerprint density at radius 1 is 1.38 bits per heavy atom. The summed E-state index contributed by atoms with van der Waals surface area (Å²) in [6, 6.07) is 5.06. The molecule has 1 aliphatic heterocycles. The Labute approximate surface area is 151 Å². The molecule has 0 aromatic heterocycles. The molecular weight excluding hydrogens is 355 g/mol. The van der Waals surface area contributed by atoms with E-state index in [1.807, 2.05) is 6.07 Å². The Kier molecular flexibility index (Phi) is 7.15. The molecule has 6 nitrogen and oxygen atoms in total. The topological polar surface area (TPSA) is 67.9 Å². The summed E-state index contributed by atoms with van der Waals surface area (Å²) in [5.74, 6) is -0.325. The predicted octanol–water partition coefficient (Wildman–Crippen LogP) is 3.03. The van der Waals surface area contributed by atoms with Gasteiger partial charge in [0.15, 0.2) is 0 Å². The van der Waals surface area contributed by atoms with Gasteiger partial charge in [0.1, 0.15) is 6.10 Å². The van der Waals surface area contributed by atoms with Gasteiger partial charge in [0.25, 0.3) is 0 Å². The first kappa shape index (κ1) is 18.8. The standard InChI is InChI=1S/C16H20Cl2N2O4/c1-2-23-15(21)5-6-19-16(22)20-7-8-24-14(10-20)11-3-4-12(17)13(18)9-11/h3-4,9,14H,2,5-8,10H2,1H3,(H,19,22). The van der Waals surface area contributed by atoms with E-state index in [0.29, 0.717) is 36.3 Å². The van der Waals surface area contributed by atoms with Crippen molar-refractivity contribution in [3.63, 3.8) is 0 Å². The van der Waals surface area contributed by atoms with Crippen LogP contribution in [0.4, 0.5) is 4.79 Å². The van der Waals surface area contributed by atoms with Crippen LogP contribution in [0.1, 0.15) is 25.0 Å². The van der Waals surface area contributed by atoms with Gasteiger partial charge in [-0.3, -0.25) is 4.79 Å². The molecule has 2 amide bonds. The fourth-order valence-corrected chi connectivity index (χ4v) is 2.67. The molecule has 1 unspecified atom stereocenters. The third-order valence-electron chi connectivity index (χ3n) is 3.58. The lowest BCUT2D eigenvalue weighted by molar-refractivity contribution is -0.142. The second-order valence-electron chi connectivity index (χ2n) is 5.27. The lowest BCUT2D eigenvalue weighted by atomic mass is 10.1. The molecule has 0 aliphatic carbocycles. The molecular formula is C16H20Cl2N2O4. The van der Waals surface area contributed by atoms with Crippen LogP contribution in [-0.4, -0.2) is 49.7 Å². The monoisotopic (exact) mass is 374 g/mol. The second-order valence-corrected chi connectivity index (χ2v) is 6.08. The van der Waals surface area contributed by atoms with Crippen LogP contribution in [0, 0.1) is 0 Å². The van der Waals surface area contributed by atoms with Crippen molar-refractivity contribution in [1.29, 1.82) is 0 Å². The molecule has 0 bridgehead atoms. The number of carbonyl (C=O) groups is 2. The largest absolute Gasteiger partial charge is 0.466 e. The van der Waals surface area contributed by atoms with E-state index >= 15 is 0 Å². The van der Waals surface area contributed by atoms with Gasteiger partial charge in [0, 0.05) is 13.1 Å². The molecule has 1 heterocycles. The first-order valence-corrected chi connectivity index (χ1v) is 8.51. The zero-order valence-corrected chi connectivity index (χ0v) is 14.9. The van der Waals surface area contributed by atoms with Gasteiger partial charge in [-0.05, 0) is 24.6 Å². The Hall–Kier alpha value is -1.50. The summed E-state index contributed by atoms with van der Waals surface area (Å²) >= 11 is 12.0.